The van der Waals surface area contributed by atoms with Gasteiger partial charge < -0.3 is 24.8 Å². The largest absolute Gasteiger partial charge is 0.444 e. The maximum absolute atomic E-state index is 12.4. The summed E-state index contributed by atoms with van der Waals surface area (Å²) in [6.45, 7) is 10.6. The van der Waals surface area contributed by atoms with Crippen molar-refractivity contribution in [1.29, 1.82) is 0 Å². The van der Waals surface area contributed by atoms with Crippen molar-refractivity contribution >= 4 is 22.8 Å². The second-order valence-electron chi connectivity index (χ2n) is 8.32. The normalized spacial score (nSPS) is 17.1. The van der Waals surface area contributed by atoms with E-state index in [1.54, 1.807) is 4.90 Å². The van der Waals surface area contributed by atoms with Crippen LogP contribution < -0.4 is 10.6 Å². The van der Waals surface area contributed by atoms with Crippen LogP contribution in [0.5, 0.6) is 0 Å². The average Bonchev–Trinajstić information content (AvgIpc) is 2.79. The third-order valence-corrected chi connectivity index (χ3v) is 4.79. The van der Waals surface area contributed by atoms with Crippen LogP contribution in [0.4, 0.5) is 10.5 Å². The lowest BCUT2D eigenvalue weighted by atomic mass is 10.1. The van der Waals surface area contributed by atoms with Crippen LogP contribution in [0.25, 0.3) is 11.0 Å². The van der Waals surface area contributed by atoms with Crippen molar-refractivity contribution in [3.8, 4) is 0 Å². The zero-order valence-corrected chi connectivity index (χ0v) is 17.0. The van der Waals surface area contributed by atoms with Crippen molar-refractivity contribution in [2.24, 2.45) is 12.8 Å². The zero-order chi connectivity index (χ0) is 19.8. The van der Waals surface area contributed by atoms with Crippen molar-refractivity contribution in [3.05, 3.63) is 24.0 Å². The molecular weight excluding hydrogens is 342 g/mol. The second-order valence-corrected chi connectivity index (χ2v) is 8.32. The Balaban J connectivity index is 1.83. The maximum Gasteiger partial charge on any atom is 0.410 e. The molecule has 1 amide bonds. The molecule has 7 nitrogen and oxygen atoms in total. The summed E-state index contributed by atoms with van der Waals surface area (Å²) in [5, 5.41) is 0. The molecule has 27 heavy (non-hydrogen) atoms. The fourth-order valence-corrected chi connectivity index (χ4v) is 3.45. The molecule has 0 saturated carbocycles. The molecule has 1 atom stereocenters. The third kappa shape index (κ3) is 4.35. The molecule has 2 aromatic rings. The van der Waals surface area contributed by atoms with Gasteiger partial charge in [-0.15, -0.1) is 0 Å². The summed E-state index contributed by atoms with van der Waals surface area (Å²) in [6, 6.07) is 4.02. The lowest BCUT2D eigenvalue weighted by Gasteiger charge is -2.28. The molecule has 3 heterocycles. The molecule has 1 unspecified atom stereocenters. The summed E-state index contributed by atoms with van der Waals surface area (Å²) in [6.07, 6.45) is 2.65. The minimum atomic E-state index is -0.479. The van der Waals surface area contributed by atoms with Crippen molar-refractivity contribution in [2.45, 2.75) is 45.8 Å². The first-order chi connectivity index (χ1) is 12.7. The van der Waals surface area contributed by atoms with Crippen LogP contribution in [0.2, 0.25) is 0 Å². The van der Waals surface area contributed by atoms with E-state index in [4.69, 9.17) is 15.5 Å². The molecule has 1 aliphatic heterocycles. The molecule has 7 heteroatoms. The Bertz CT molecular complexity index is 822. The van der Waals surface area contributed by atoms with Gasteiger partial charge in [-0.3, -0.25) is 0 Å². The summed E-state index contributed by atoms with van der Waals surface area (Å²) in [7, 11) is 2.02. The molecule has 3 rings (SSSR count). The minimum Gasteiger partial charge on any atom is -0.444 e. The van der Waals surface area contributed by atoms with Crippen LogP contribution in [-0.4, -0.2) is 52.3 Å². The number of pyridine rings is 1. The van der Waals surface area contributed by atoms with Gasteiger partial charge in [0.25, 0.3) is 0 Å². The summed E-state index contributed by atoms with van der Waals surface area (Å²) in [5.74, 6) is 0. The Morgan fingerprint density at radius 3 is 2.67 bits per heavy atom. The fourth-order valence-electron chi connectivity index (χ4n) is 3.45. The van der Waals surface area contributed by atoms with E-state index >= 15 is 0 Å². The fraction of sp³-hybridized carbons (Fsp3) is 0.600. The lowest BCUT2D eigenvalue weighted by Crippen LogP contribution is -2.39. The van der Waals surface area contributed by atoms with Gasteiger partial charge >= 0.3 is 6.09 Å². The third-order valence-electron chi connectivity index (χ3n) is 4.79. The number of fused-ring (bicyclic) bond motifs is 1. The van der Waals surface area contributed by atoms with E-state index in [0.29, 0.717) is 13.1 Å². The summed E-state index contributed by atoms with van der Waals surface area (Å²) >= 11 is 0. The molecule has 1 aliphatic rings. The number of carbonyl (C=O) groups is 1. The summed E-state index contributed by atoms with van der Waals surface area (Å²) in [4.78, 5) is 21.3. The minimum absolute atomic E-state index is 0.158. The number of anilines is 1. The number of nitrogens with zero attached hydrogens (tertiary/aromatic N) is 4. The number of nitrogens with two attached hydrogens (primary N) is 1. The molecule has 148 valence electrons. The van der Waals surface area contributed by atoms with E-state index in [2.05, 4.69) is 15.5 Å². The number of hydrogen-bond acceptors (Lipinski definition) is 5. The van der Waals surface area contributed by atoms with Crippen LogP contribution >= 0.6 is 0 Å². The first-order valence-corrected chi connectivity index (χ1v) is 9.60. The van der Waals surface area contributed by atoms with Gasteiger partial charge in [-0.1, -0.05) is 0 Å². The number of ether oxygens (including phenoxy) is 1. The van der Waals surface area contributed by atoms with Crippen LogP contribution in [0, 0.1) is 0 Å². The Morgan fingerprint density at radius 1 is 1.26 bits per heavy atom. The highest BCUT2D eigenvalue weighted by Gasteiger charge is 2.26. The number of rotatable bonds is 2. The van der Waals surface area contributed by atoms with Crippen molar-refractivity contribution in [3.63, 3.8) is 0 Å². The van der Waals surface area contributed by atoms with Crippen molar-refractivity contribution in [1.82, 2.24) is 14.5 Å². The summed E-state index contributed by atoms with van der Waals surface area (Å²) < 4.78 is 7.60. The maximum atomic E-state index is 12.4. The Labute approximate surface area is 161 Å². The number of aromatic nitrogens is 2. The first-order valence-electron chi connectivity index (χ1n) is 9.60. The topological polar surface area (TPSA) is 76.6 Å². The Morgan fingerprint density at radius 2 is 2.00 bits per heavy atom. The SMILES string of the molecule is CC(N)c1nc2ccn(C)c2cc1N1CCCN(C(=O)OC(C)(C)C)CC1. The van der Waals surface area contributed by atoms with Gasteiger partial charge in [0.2, 0.25) is 0 Å². The number of hydrogen-bond donors (Lipinski definition) is 1. The van der Waals surface area contributed by atoms with Gasteiger partial charge in [-0.2, -0.15) is 0 Å². The van der Waals surface area contributed by atoms with Crippen LogP contribution in [0.3, 0.4) is 0 Å². The molecule has 0 aliphatic carbocycles. The van der Waals surface area contributed by atoms with E-state index < -0.39 is 5.60 Å². The molecule has 1 fully saturated rings. The average molecular weight is 374 g/mol. The van der Waals surface area contributed by atoms with Gasteiger partial charge in [0.05, 0.1) is 22.4 Å². The molecular formula is C20H31N5O2. The number of carbonyl (C=O) groups excluding carboxylic acids is 1. The van der Waals surface area contributed by atoms with Crippen LogP contribution in [0.1, 0.15) is 45.9 Å². The highest BCUT2D eigenvalue weighted by atomic mass is 16.6. The quantitative estimate of drug-likeness (QED) is 0.875. The van der Waals surface area contributed by atoms with E-state index in [1.165, 1.54) is 0 Å². The van der Waals surface area contributed by atoms with E-state index in [1.807, 2.05) is 47.0 Å². The predicted octanol–water partition coefficient (Wildman–Crippen LogP) is 3.04. The second kappa shape index (κ2) is 7.38. The van der Waals surface area contributed by atoms with Gasteiger partial charge in [-0.25, -0.2) is 9.78 Å². The molecule has 0 radical (unpaired) electrons. The zero-order valence-electron chi connectivity index (χ0n) is 17.0. The molecule has 0 bridgehead atoms. The highest BCUT2D eigenvalue weighted by molar-refractivity contribution is 5.81. The first kappa shape index (κ1) is 19.5. The van der Waals surface area contributed by atoms with Gasteiger partial charge in [0.1, 0.15) is 5.60 Å². The van der Waals surface area contributed by atoms with Crippen molar-refractivity contribution in [2.75, 3.05) is 31.1 Å². The number of amides is 1. The van der Waals surface area contributed by atoms with Gasteiger partial charge in [0.15, 0.2) is 0 Å². The van der Waals surface area contributed by atoms with E-state index in [0.717, 1.165) is 41.9 Å². The Hall–Kier alpha value is -2.28. The van der Waals surface area contributed by atoms with E-state index in [9.17, 15) is 4.79 Å². The lowest BCUT2D eigenvalue weighted by molar-refractivity contribution is 0.0263. The van der Waals surface area contributed by atoms with Gasteiger partial charge in [0, 0.05) is 45.5 Å². The molecule has 2 aromatic heterocycles. The van der Waals surface area contributed by atoms with Crippen LogP contribution in [0.15, 0.2) is 18.3 Å². The Kier molecular flexibility index (Phi) is 5.33. The predicted molar refractivity (Wildman–Crippen MR) is 108 cm³/mol. The van der Waals surface area contributed by atoms with Crippen LogP contribution in [-0.2, 0) is 11.8 Å². The highest BCUT2D eigenvalue weighted by Crippen LogP contribution is 2.29. The monoisotopic (exact) mass is 373 g/mol. The molecule has 2 N–H and O–H groups in total. The standard InChI is InChI=1S/C20H31N5O2/c1-14(21)18-17(13-16-15(22-18)7-10-23(16)5)24-8-6-9-25(12-11-24)19(26)27-20(2,3)4/h7,10,13-14H,6,8-9,11-12,21H2,1-5H3. The smallest absolute Gasteiger partial charge is 0.410 e. The summed E-state index contributed by atoms with van der Waals surface area (Å²) in [5.41, 5.74) is 9.75. The van der Waals surface area contributed by atoms with Gasteiger partial charge in [-0.05, 0) is 46.2 Å². The molecule has 0 aromatic carbocycles. The molecule has 0 spiro atoms. The van der Waals surface area contributed by atoms with Crippen molar-refractivity contribution < 1.29 is 9.53 Å². The van der Waals surface area contributed by atoms with E-state index in [-0.39, 0.29) is 12.1 Å². The molecule has 1 saturated heterocycles. The number of aryl methyl sites for hydroxylation is 1.